The van der Waals surface area contributed by atoms with Gasteiger partial charge in [-0.25, -0.2) is 0 Å². The van der Waals surface area contributed by atoms with Crippen LogP contribution in [0, 0.1) is 0 Å². The number of hydrogen-bond donors (Lipinski definition) is 1. The van der Waals surface area contributed by atoms with Crippen LogP contribution in [0.1, 0.15) is 24.9 Å². The Morgan fingerprint density at radius 3 is 2.60 bits per heavy atom. The number of benzene rings is 1. The summed E-state index contributed by atoms with van der Waals surface area (Å²) in [6, 6.07) is 7.94. The first-order valence-corrected chi connectivity index (χ1v) is 5.56. The Hall–Kier alpha value is -1.09. The standard InChI is InChI=1S/C12H14BrNO/c1-3-4-12(14-9(2)15)10-5-7-11(13)8-6-10/h3,5-8,12H,1,4H2,2H3,(H,14,15)/t12-/m1/s1. The third-order valence-corrected chi connectivity index (χ3v) is 2.58. The third kappa shape index (κ3) is 3.88. The maximum atomic E-state index is 11.0. The van der Waals surface area contributed by atoms with Crippen LogP contribution < -0.4 is 5.32 Å². The Morgan fingerprint density at radius 2 is 2.13 bits per heavy atom. The number of nitrogens with one attached hydrogen (secondary N) is 1. The largest absolute Gasteiger partial charge is 0.349 e. The number of rotatable bonds is 4. The summed E-state index contributed by atoms with van der Waals surface area (Å²) in [5, 5.41) is 2.89. The van der Waals surface area contributed by atoms with Gasteiger partial charge in [0, 0.05) is 11.4 Å². The van der Waals surface area contributed by atoms with E-state index < -0.39 is 0 Å². The lowest BCUT2D eigenvalue weighted by atomic mass is 10.0. The zero-order valence-corrected chi connectivity index (χ0v) is 10.3. The second kappa shape index (κ2) is 5.71. The first-order chi connectivity index (χ1) is 7.13. The van der Waals surface area contributed by atoms with Gasteiger partial charge in [0.25, 0.3) is 0 Å². The maximum absolute atomic E-state index is 11.0. The minimum absolute atomic E-state index is 0.0214. The van der Waals surface area contributed by atoms with E-state index in [1.807, 2.05) is 30.3 Å². The number of carbonyl (C=O) groups is 1. The van der Waals surface area contributed by atoms with Gasteiger partial charge in [0.15, 0.2) is 0 Å². The zero-order chi connectivity index (χ0) is 11.3. The van der Waals surface area contributed by atoms with Crippen molar-refractivity contribution in [3.05, 3.63) is 47.0 Å². The predicted molar refractivity (Wildman–Crippen MR) is 65.5 cm³/mol. The third-order valence-electron chi connectivity index (χ3n) is 2.05. The summed E-state index contributed by atoms with van der Waals surface area (Å²) in [5.74, 6) is -0.0234. The molecule has 0 heterocycles. The lowest BCUT2D eigenvalue weighted by Gasteiger charge is -2.16. The Balaban J connectivity index is 2.83. The topological polar surface area (TPSA) is 29.1 Å². The van der Waals surface area contributed by atoms with E-state index in [1.165, 1.54) is 6.92 Å². The average Bonchev–Trinajstić information content (AvgIpc) is 2.17. The van der Waals surface area contributed by atoms with Crippen molar-refractivity contribution in [2.24, 2.45) is 0 Å². The SMILES string of the molecule is C=CC[C@@H](NC(C)=O)c1ccc(Br)cc1. The zero-order valence-electron chi connectivity index (χ0n) is 8.66. The van der Waals surface area contributed by atoms with Crippen molar-refractivity contribution in [1.82, 2.24) is 5.32 Å². The van der Waals surface area contributed by atoms with Crippen LogP contribution in [0.5, 0.6) is 0 Å². The monoisotopic (exact) mass is 267 g/mol. The van der Waals surface area contributed by atoms with Gasteiger partial charge in [0.05, 0.1) is 6.04 Å². The molecule has 0 spiro atoms. The summed E-state index contributed by atoms with van der Waals surface area (Å²) < 4.78 is 1.03. The van der Waals surface area contributed by atoms with Crippen LogP contribution in [0.3, 0.4) is 0 Å². The quantitative estimate of drug-likeness (QED) is 0.835. The highest BCUT2D eigenvalue weighted by atomic mass is 79.9. The fourth-order valence-electron chi connectivity index (χ4n) is 1.39. The summed E-state index contributed by atoms with van der Waals surface area (Å²) in [6.45, 7) is 5.21. The van der Waals surface area contributed by atoms with Crippen molar-refractivity contribution >= 4 is 21.8 Å². The van der Waals surface area contributed by atoms with Crippen molar-refractivity contribution in [1.29, 1.82) is 0 Å². The normalized spacial score (nSPS) is 11.9. The van der Waals surface area contributed by atoms with Crippen LogP contribution in [0.4, 0.5) is 0 Å². The van der Waals surface area contributed by atoms with Gasteiger partial charge >= 0.3 is 0 Å². The van der Waals surface area contributed by atoms with Crippen LogP contribution >= 0.6 is 15.9 Å². The van der Waals surface area contributed by atoms with Crippen LogP contribution in [-0.2, 0) is 4.79 Å². The van der Waals surface area contributed by atoms with Gasteiger partial charge in [-0.15, -0.1) is 6.58 Å². The molecule has 1 rings (SSSR count). The Kier molecular flexibility index (Phi) is 4.56. The summed E-state index contributed by atoms with van der Waals surface area (Å²) in [7, 11) is 0. The number of hydrogen-bond acceptors (Lipinski definition) is 1. The smallest absolute Gasteiger partial charge is 0.217 e. The van der Waals surface area contributed by atoms with Gasteiger partial charge in [-0.3, -0.25) is 4.79 Å². The molecule has 0 aromatic heterocycles. The van der Waals surface area contributed by atoms with Crippen LogP contribution in [-0.4, -0.2) is 5.91 Å². The van der Waals surface area contributed by atoms with E-state index in [-0.39, 0.29) is 11.9 Å². The van der Waals surface area contributed by atoms with Gasteiger partial charge in [0.1, 0.15) is 0 Å². The van der Waals surface area contributed by atoms with E-state index in [9.17, 15) is 4.79 Å². The molecule has 2 nitrogen and oxygen atoms in total. The highest BCUT2D eigenvalue weighted by molar-refractivity contribution is 9.10. The molecule has 0 saturated heterocycles. The van der Waals surface area contributed by atoms with Crippen molar-refractivity contribution in [3.8, 4) is 0 Å². The molecular weight excluding hydrogens is 254 g/mol. The average molecular weight is 268 g/mol. The molecule has 0 aliphatic heterocycles. The molecule has 0 radical (unpaired) electrons. The highest BCUT2D eigenvalue weighted by Gasteiger charge is 2.10. The molecule has 15 heavy (non-hydrogen) atoms. The van der Waals surface area contributed by atoms with Gasteiger partial charge in [0.2, 0.25) is 5.91 Å². The molecule has 80 valence electrons. The van der Waals surface area contributed by atoms with E-state index in [4.69, 9.17) is 0 Å². The summed E-state index contributed by atoms with van der Waals surface area (Å²) in [6.07, 6.45) is 2.55. The first kappa shape index (κ1) is 12.0. The van der Waals surface area contributed by atoms with E-state index in [0.29, 0.717) is 0 Å². The Bertz CT molecular complexity index is 345. The van der Waals surface area contributed by atoms with Gasteiger partial charge in [-0.05, 0) is 24.1 Å². The lowest BCUT2D eigenvalue weighted by Crippen LogP contribution is -2.25. The van der Waals surface area contributed by atoms with E-state index in [0.717, 1.165) is 16.5 Å². The van der Waals surface area contributed by atoms with Crippen molar-refractivity contribution in [2.45, 2.75) is 19.4 Å². The molecular formula is C12H14BrNO. The highest BCUT2D eigenvalue weighted by Crippen LogP contribution is 2.19. The number of carbonyl (C=O) groups excluding carboxylic acids is 1. The number of amides is 1. The molecule has 1 aromatic carbocycles. The molecule has 0 aliphatic carbocycles. The molecule has 1 N–H and O–H groups in total. The van der Waals surface area contributed by atoms with Crippen molar-refractivity contribution in [2.75, 3.05) is 0 Å². The summed E-state index contributed by atoms with van der Waals surface area (Å²) in [5.41, 5.74) is 1.09. The van der Waals surface area contributed by atoms with E-state index in [1.54, 1.807) is 0 Å². The van der Waals surface area contributed by atoms with Crippen molar-refractivity contribution in [3.63, 3.8) is 0 Å². The maximum Gasteiger partial charge on any atom is 0.217 e. The minimum atomic E-state index is -0.0234. The number of halogens is 1. The molecule has 1 amide bonds. The second-order valence-electron chi connectivity index (χ2n) is 3.33. The molecule has 1 aromatic rings. The van der Waals surface area contributed by atoms with Gasteiger partial charge in [-0.2, -0.15) is 0 Å². The van der Waals surface area contributed by atoms with Gasteiger partial charge < -0.3 is 5.32 Å². The fourth-order valence-corrected chi connectivity index (χ4v) is 1.65. The predicted octanol–water partition coefficient (Wildman–Crippen LogP) is 3.20. The molecule has 0 bridgehead atoms. The summed E-state index contributed by atoms with van der Waals surface area (Å²) in [4.78, 5) is 11.0. The van der Waals surface area contributed by atoms with Crippen LogP contribution in [0.2, 0.25) is 0 Å². The molecule has 1 atom stereocenters. The molecule has 0 aliphatic rings. The molecule has 3 heteroatoms. The van der Waals surface area contributed by atoms with E-state index in [2.05, 4.69) is 27.8 Å². The van der Waals surface area contributed by atoms with Crippen LogP contribution in [0.15, 0.2) is 41.4 Å². The Labute approximate surface area is 98.5 Å². The van der Waals surface area contributed by atoms with E-state index >= 15 is 0 Å². The molecule has 0 unspecified atom stereocenters. The molecule has 0 fully saturated rings. The minimum Gasteiger partial charge on any atom is -0.349 e. The second-order valence-corrected chi connectivity index (χ2v) is 4.24. The summed E-state index contributed by atoms with van der Waals surface area (Å²) >= 11 is 3.38. The first-order valence-electron chi connectivity index (χ1n) is 4.77. The van der Waals surface area contributed by atoms with Gasteiger partial charge in [-0.1, -0.05) is 34.1 Å². The fraction of sp³-hybridized carbons (Fsp3) is 0.250. The molecule has 0 saturated carbocycles. The van der Waals surface area contributed by atoms with Crippen molar-refractivity contribution < 1.29 is 4.79 Å². The Morgan fingerprint density at radius 1 is 1.53 bits per heavy atom. The lowest BCUT2D eigenvalue weighted by molar-refractivity contribution is -0.119. The van der Waals surface area contributed by atoms with Crippen LogP contribution in [0.25, 0.3) is 0 Å².